The van der Waals surface area contributed by atoms with Gasteiger partial charge in [-0.1, -0.05) is 12.1 Å². The molecule has 136 valence electrons. The predicted molar refractivity (Wildman–Crippen MR) is 84.8 cm³/mol. The van der Waals surface area contributed by atoms with Crippen molar-refractivity contribution in [3.8, 4) is 5.75 Å². The Balaban J connectivity index is 1.66. The van der Waals surface area contributed by atoms with Crippen molar-refractivity contribution in [2.75, 3.05) is 11.9 Å². The molecule has 26 heavy (non-hydrogen) atoms. The molecule has 1 N–H and O–H groups in total. The minimum absolute atomic E-state index is 0.00227. The summed E-state index contributed by atoms with van der Waals surface area (Å²) in [7, 11) is 0. The number of rotatable bonds is 5. The molecule has 2 aromatic carbocycles. The molecule has 0 bridgehead atoms. The lowest BCUT2D eigenvalue weighted by Gasteiger charge is -2.10. The summed E-state index contributed by atoms with van der Waals surface area (Å²) in [4.78, 5) is 7.76. The fourth-order valence-corrected chi connectivity index (χ4v) is 2.42. The molecule has 0 aliphatic rings. The van der Waals surface area contributed by atoms with Gasteiger partial charge in [0.25, 0.3) is 0 Å². The third-order valence-corrected chi connectivity index (χ3v) is 3.52. The van der Waals surface area contributed by atoms with E-state index in [1.165, 1.54) is 24.3 Å². The van der Waals surface area contributed by atoms with Gasteiger partial charge in [0.2, 0.25) is 0 Å². The summed E-state index contributed by atoms with van der Waals surface area (Å²) >= 11 is 0. The molecule has 0 atom stereocenters. The second-order valence-electron chi connectivity index (χ2n) is 5.37. The molecule has 9 heteroatoms. The van der Waals surface area contributed by atoms with Gasteiger partial charge in [0.15, 0.2) is 5.82 Å². The topological polar surface area (TPSA) is 47.0 Å². The highest BCUT2D eigenvalue weighted by Crippen LogP contribution is 2.24. The number of ether oxygens (including phenoxy) is 1. The minimum Gasteiger partial charge on any atom is -0.406 e. The Bertz CT molecular complexity index is 913. The Morgan fingerprint density at radius 1 is 1.00 bits per heavy atom. The van der Waals surface area contributed by atoms with Crippen LogP contribution in [-0.2, 0) is 6.42 Å². The van der Waals surface area contributed by atoms with Crippen molar-refractivity contribution in [3.63, 3.8) is 0 Å². The van der Waals surface area contributed by atoms with Crippen LogP contribution in [0.4, 0.5) is 27.8 Å². The third kappa shape index (κ3) is 4.35. The van der Waals surface area contributed by atoms with Crippen molar-refractivity contribution in [1.29, 1.82) is 0 Å². The number of nitrogens with zero attached hydrogens (tertiary/aromatic N) is 2. The highest BCUT2D eigenvalue weighted by atomic mass is 19.4. The number of fused-ring (bicyclic) bond motifs is 1. The smallest absolute Gasteiger partial charge is 0.406 e. The van der Waals surface area contributed by atoms with Crippen molar-refractivity contribution < 1.29 is 26.7 Å². The number of anilines is 1. The summed E-state index contributed by atoms with van der Waals surface area (Å²) in [5, 5.41) is 3.16. The Kier molecular flexibility index (Phi) is 4.88. The zero-order chi connectivity index (χ0) is 18.7. The van der Waals surface area contributed by atoms with E-state index in [0.29, 0.717) is 13.0 Å². The van der Waals surface area contributed by atoms with Crippen molar-refractivity contribution in [2.24, 2.45) is 0 Å². The van der Waals surface area contributed by atoms with E-state index in [4.69, 9.17) is 0 Å². The maximum atomic E-state index is 13.7. The van der Waals surface area contributed by atoms with E-state index >= 15 is 0 Å². The van der Waals surface area contributed by atoms with Gasteiger partial charge in [0.05, 0.1) is 0 Å². The van der Waals surface area contributed by atoms with Crippen LogP contribution in [0.3, 0.4) is 0 Å². The first-order valence-electron chi connectivity index (χ1n) is 7.50. The molecule has 0 saturated carbocycles. The lowest BCUT2D eigenvalue weighted by molar-refractivity contribution is -0.274. The standard InChI is InChI=1S/C17H12F5N3O/c18-11-7-13-15(14(19)8-11)24-9-25-16(13)23-6-5-10-1-3-12(4-2-10)26-17(20,21)22/h1-4,7-9H,5-6H2,(H,23,24,25). The van der Waals surface area contributed by atoms with E-state index in [1.807, 2.05) is 0 Å². The van der Waals surface area contributed by atoms with Crippen molar-refractivity contribution in [1.82, 2.24) is 9.97 Å². The normalized spacial score (nSPS) is 11.6. The Morgan fingerprint density at radius 2 is 1.73 bits per heavy atom. The molecule has 3 aromatic rings. The first-order valence-corrected chi connectivity index (χ1v) is 7.50. The van der Waals surface area contributed by atoms with Gasteiger partial charge in [0, 0.05) is 18.0 Å². The molecule has 0 saturated heterocycles. The number of aromatic nitrogens is 2. The van der Waals surface area contributed by atoms with Crippen LogP contribution in [0.1, 0.15) is 5.56 Å². The van der Waals surface area contributed by atoms with Gasteiger partial charge in [-0.05, 0) is 30.2 Å². The first kappa shape index (κ1) is 17.8. The lowest BCUT2D eigenvalue weighted by Crippen LogP contribution is -2.17. The van der Waals surface area contributed by atoms with Gasteiger partial charge in [-0.15, -0.1) is 13.2 Å². The van der Waals surface area contributed by atoms with Crippen LogP contribution in [0.2, 0.25) is 0 Å². The molecule has 4 nitrogen and oxygen atoms in total. The van der Waals surface area contributed by atoms with E-state index in [1.54, 1.807) is 0 Å². The molecule has 0 amide bonds. The first-order chi connectivity index (χ1) is 12.3. The van der Waals surface area contributed by atoms with Crippen LogP contribution >= 0.6 is 0 Å². The average molecular weight is 369 g/mol. The summed E-state index contributed by atoms with van der Waals surface area (Å²) in [6.07, 6.45) is -3.12. The van der Waals surface area contributed by atoms with Gasteiger partial charge in [0.1, 0.15) is 29.2 Å². The highest BCUT2D eigenvalue weighted by molar-refractivity contribution is 5.89. The maximum absolute atomic E-state index is 13.7. The quantitative estimate of drug-likeness (QED) is 0.675. The second-order valence-corrected chi connectivity index (χ2v) is 5.37. The van der Waals surface area contributed by atoms with E-state index < -0.39 is 18.0 Å². The predicted octanol–water partition coefficient (Wildman–Crippen LogP) is 4.46. The molecule has 0 spiro atoms. The Labute approximate surface area is 144 Å². The van der Waals surface area contributed by atoms with Crippen LogP contribution < -0.4 is 10.1 Å². The fraction of sp³-hybridized carbons (Fsp3) is 0.176. The van der Waals surface area contributed by atoms with E-state index in [9.17, 15) is 22.0 Å². The number of halogens is 5. The van der Waals surface area contributed by atoms with Gasteiger partial charge in [-0.25, -0.2) is 18.7 Å². The molecule has 1 heterocycles. The second kappa shape index (κ2) is 7.11. The summed E-state index contributed by atoms with van der Waals surface area (Å²) < 4.78 is 67.3. The SMILES string of the molecule is Fc1cc(F)c2ncnc(NCCc3ccc(OC(F)(F)F)cc3)c2c1. The number of alkyl halides is 3. The molecule has 0 fully saturated rings. The monoisotopic (exact) mass is 369 g/mol. The van der Waals surface area contributed by atoms with E-state index in [0.717, 1.165) is 24.0 Å². The molecular formula is C17H12F5N3O. The van der Waals surface area contributed by atoms with E-state index in [2.05, 4.69) is 20.0 Å². The third-order valence-electron chi connectivity index (χ3n) is 3.52. The van der Waals surface area contributed by atoms with Crippen LogP contribution in [-0.4, -0.2) is 22.9 Å². The van der Waals surface area contributed by atoms with Crippen molar-refractivity contribution in [2.45, 2.75) is 12.8 Å². The summed E-state index contributed by atoms with van der Waals surface area (Å²) in [6, 6.07) is 7.30. The van der Waals surface area contributed by atoms with E-state index in [-0.39, 0.29) is 22.5 Å². The number of nitrogens with one attached hydrogen (secondary N) is 1. The summed E-state index contributed by atoms with van der Waals surface area (Å²) in [5.41, 5.74) is 0.750. The Morgan fingerprint density at radius 3 is 2.42 bits per heavy atom. The highest BCUT2D eigenvalue weighted by Gasteiger charge is 2.30. The lowest BCUT2D eigenvalue weighted by atomic mass is 10.1. The van der Waals surface area contributed by atoms with Crippen LogP contribution in [0.15, 0.2) is 42.7 Å². The van der Waals surface area contributed by atoms with Gasteiger partial charge in [-0.3, -0.25) is 0 Å². The summed E-state index contributed by atoms with van der Waals surface area (Å²) in [5.74, 6) is -1.56. The molecule has 0 unspecified atom stereocenters. The largest absolute Gasteiger partial charge is 0.573 e. The van der Waals surface area contributed by atoms with Gasteiger partial charge >= 0.3 is 6.36 Å². The fourth-order valence-electron chi connectivity index (χ4n) is 2.42. The number of hydrogen-bond acceptors (Lipinski definition) is 4. The number of hydrogen-bond donors (Lipinski definition) is 1. The van der Waals surface area contributed by atoms with Crippen LogP contribution in [0, 0.1) is 11.6 Å². The van der Waals surface area contributed by atoms with Crippen molar-refractivity contribution in [3.05, 3.63) is 59.9 Å². The molecule has 0 radical (unpaired) electrons. The van der Waals surface area contributed by atoms with Crippen molar-refractivity contribution >= 4 is 16.7 Å². The zero-order valence-electron chi connectivity index (χ0n) is 13.1. The Hall–Kier alpha value is -2.97. The van der Waals surface area contributed by atoms with Gasteiger partial charge < -0.3 is 10.1 Å². The molecule has 3 rings (SSSR count). The minimum atomic E-state index is -4.73. The van der Waals surface area contributed by atoms with Crippen LogP contribution in [0.5, 0.6) is 5.75 Å². The summed E-state index contributed by atoms with van der Waals surface area (Å²) in [6.45, 7) is 0.351. The molecule has 0 aliphatic carbocycles. The van der Waals surface area contributed by atoms with Crippen LogP contribution in [0.25, 0.3) is 10.9 Å². The molecular weight excluding hydrogens is 357 g/mol. The van der Waals surface area contributed by atoms with Gasteiger partial charge in [-0.2, -0.15) is 0 Å². The molecule has 1 aromatic heterocycles. The zero-order valence-corrected chi connectivity index (χ0v) is 13.1. The average Bonchev–Trinajstić information content (AvgIpc) is 2.55. The number of benzene rings is 2. The molecule has 0 aliphatic heterocycles. The maximum Gasteiger partial charge on any atom is 0.573 e.